The maximum absolute atomic E-state index is 12.7. The number of carbonyl (C=O) groups is 1. The average molecular weight is 606 g/mol. The van der Waals surface area contributed by atoms with Crippen LogP contribution in [0, 0.1) is 11.3 Å². The van der Waals surface area contributed by atoms with Gasteiger partial charge in [0, 0.05) is 5.56 Å². The summed E-state index contributed by atoms with van der Waals surface area (Å²) < 4.78 is 17.7. The van der Waals surface area contributed by atoms with E-state index in [1.807, 2.05) is 55.5 Å². The van der Waals surface area contributed by atoms with E-state index < -0.39 is 5.97 Å². The number of hydrogen-bond donors (Lipinski definition) is 1. The molecule has 0 aliphatic carbocycles. The van der Waals surface area contributed by atoms with E-state index >= 15 is 0 Å². The summed E-state index contributed by atoms with van der Waals surface area (Å²) in [5, 5.41) is 20.8. The molecule has 3 aromatic rings. The first-order chi connectivity index (χ1) is 18.9. The van der Waals surface area contributed by atoms with Crippen LogP contribution in [0.2, 0.25) is 0 Å². The molecule has 0 bridgehead atoms. The Morgan fingerprint density at radius 1 is 1.08 bits per heavy atom. The van der Waals surface area contributed by atoms with Crippen molar-refractivity contribution in [1.29, 1.82) is 5.26 Å². The van der Waals surface area contributed by atoms with Crippen molar-refractivity contribution in [2.24, 2.45) is 4.99 Å². The van der Waals surface area contributed by atoms with E-state index in [0.717, 1.165) is 5.56 Å². The normalized spacial score (nSPS) is 14.9. The first kappa shape index (κ1) is 28.0. The van der Waals surface area contributed by atoms with E-state index in [1.165, 1.54) is 11.8 Å². The third-order valence-electron chi connectivity index (χ3n) is 5.50. The number of halogens is 1. The number of esters is 1. The highest BCUT2D eigenvalue weighted by Gasteiger charge is 2.33. The molecule has 1 aliphatic heterocycles. The van der Waals surface area contributed by atoms with Crippen LogP contribution in [0.4, 0.5) is 5.69 Å². The number of rotatable bonds is 9. The lowest BCUT2D eigenvalue weighted by Crippen LogP contribution is -2.12. The lowest BCUT2D eigenvalue weighted by molar-refractivity contribution is -0.138. The van der Waals surface area contributed by atoms with Crippen LogP contribution < -0.4 is 9.47 Å². The minimum absolute atomic E-state index is 0.0252. The van der Waals surface area contributed by atoms with Gasteiger partial charge in [0.25, 0.3) is 0 Å². The van der Waals surface area contributed by atoms with E-state index in [0.29, 0.717) is 49.3 Å². The fraction of sp³-hybridized carbons (Fsp3) is 0.167. The monoisotopic (exact) mass is 604 g/mol. The maximum Gasteiger partial charge on any atom is 0.344 e. The lowest BCUT2D eigenvalue weighted by Gasteiger charge is -2.15. The summed E-state index contributed by atoms with van der Waals surface area (Å²) in [5.41, 5.74) is 2.68. The zero-order valence-corrected chi connectivity index (χ0v) is 23.7. The van der Waals surface area contributed by atoms with Gasteiger partial charge in [-0.3, -0.25) is 0 Å². The summed E-state index contributed by atoms with van der Waals surface area (Å²) in [7, 11) is 0. The highest BCUT2D eigenvalue weighted by Crippen LogP contribution is 2.43. The van der Waals surface area contributed by atoms with Gasteiger partial charge < -0.3 is 19.3 Å². The molecule has 3 aromatic carbocycles. The van der Waals surface area contributed by atoms with Crippen molar-refractivity contribution < 1.29 is 24.1 Å². The number of carbonyl (C=O) groups excluding carboxylic acids is 1. The third kappa shape index (κ3) is 6.72. The fourth-order valence-corrected chi connectivity index (χ4v) is 5.35. The number of nitrogens with zero attached hydrogens (tertiary/aromatic N) is 2. The summed E-state index contributed by atoms with van der Waals surface area (Å²) >= 11 is 4.75. The van der Waals surface area contributed by atoms with E-state index in [4.69, 9.17) is 14.2 Å². The van der Waals surface area contributed by atoms with E-state index in [-0.39, 0.29) is 24.5 Å². The number of aliphatic hydroxyl groups excluding tert-OH is 1. The molecule has 1 heterocycles. The number of nitriles is 1. The van der Waals surface area contributed by atoms with Crippen LogP contribution in [0.5, 0.6) is 11.5 Å². The number of aliphatic hydroxyl groups is 1. The zero-order valence-electron chi connectivity index (χ0n) is 21.3. The SMILES string of the molecule is CCOC(=O)C1=C(O)/C(=C/c2cc(Br)c(OCc3ccccc3C#N)c(OCC)c2)SC1=Nc1ccccc1. The minimum atomic E-state index is -0.641. The van der Waals surface area contributed by atoms with Gasteiger partial charge in [0.15, 0.2) is 11.5 Å². The van der Waals surface area contributed by atoms with Crippen LogP contribution in [0.25, 0.3) is 6.08 Å². The Labute approximate surface area is 239 Å². The number of thioether (sulfide) groups is 1. The Morgan fingerprint density at radius 2 is 1.82 bits per heavy atom. The highest BCUT2D eigenvalue weighted by atomic mass is 79.9. The van der Waals surface area contributed by atoms with Crippen molar-refractivity contribution >= 4 is 50.5 Å². The van der Waals surface area contributed by atoms with Crippen LogP contribution in [-0.4, -0.2) is 29.3 Å². The molecule has 0 saturated carbocycles. The number of hydrogen-bond acceptors (Lipinski definition) is 8. The summed E-state index contributed by atoms with van der Waals surface area (Å²) in [6.45, 7) is 4.33. The Morgan fingerprint density at radius 3 is 2.54 bits per heavy atom. The highest BCUT2D eigenvalue weighted by molar-refractivity contribution is 9.10. The van der Waals surface area contributed by atoms with Crippen molar-refractivity contribution in [2.45, 2.75) is 20.5 Å². The van der Waals surface area contributed by atoms with E-state index in [9.17, 15) is 15.2 Å². The van der Waals surface area contributed by atoms with Crippen molar-refractivity contribution in [3.8, 4) is 17.6 Å². The maximum atomic E-state index is 12.7. The number of para-hydroxylation sites is 1. The van der Waals surface area contributed by atoms with Gasteiger partial charge in [-0.1, -0.05) is 48.2 Å². The van der Waals surface area contributed by atoms with Crippen LogP contribution >= 0.6 is 27.7 Å². The number of aliphatic imine (C=N–C) groups is 1. The molecule has 1 N–H and O–H groups in total. The molecule has 39 heavy (non-hydrogen) atoms. The van der Waals surface area contributed by atoms with Crippen LogP contribution in [0.15, 0.2) is 92.4 Å². The zero-order chi connectivity index (χ0) is 27.8. The molecule has 7 nitrogen and oxygen atoms in total. The summed E-state index contributed by atoms with van der Waals surface area (Å²) in [5.74, 6) is 0.140. The van der Waals surface area contributed by atoms with Crippen LogP contribution in [0.1, 0.15) is 30.5 Å². The number of ether oxygens (including phenoxy) is 3. The molecule has 4 rings (SSSR count). The smallest absolute Gasteiger partial charge is 0.344 e. The van der Waals surface area contributed by atoms with Gasteiger partial charge in [0.1, 0.15) is 23.0 Å². The first-order valence-electron chi connectivity index (χ1n) is 12.2. The molecule has 1 aliphatic rings. The molecule has 9 heteroatoms. The van der Waals surface area contributed by atoms with Crippen molar-refractivity contribution in [1.82, 2.24) is 0 Å². The second kappa shape index (κ2) is 13.2. The minimum Gasteiger partial charge on any atom is -0.506 e. The molecule has 0 fully saturated rings. The fourth-order valence-electron chi connectivity index (χ4n) is 3.74. The Bertz CT molecular complexity index is 1510. The molecular weight excluding hydrogens is 580 g/mol. The third-order valence-corrected chi connectivity index (χ3v) is 7.11. The van der Waals surface area contributed by atoms with Gasteiger partial charge >= 0.3 is 5.97 Å². The molecule has 0 amide bonds. The van der Waals surface area contributed by atoms with Crippen LogP contribution in [0.3, 0.4) is 0 Å². The van der Waals surface area contributed by atoms with E-state index in [1.54, 1.807) is 31.2 Å². The largest absolute Gasteiger partial charge is 0.506 e. The molecule has 0 aromatic heterocycles. The van der Waals surface area contributed by atoms with Crippen molar-refractivity contribution in [2.75, 3.05) is 13.2 Å². The van der Waals surface area contributed by atoms with Gasteiger partial charge in [-0.2, -0.15) is 5.26 Å². The van der Waals surface area contributed by atoms with Crippen molar-refractivity contribution in [3.63, 3.8) is 0 Å². The van der Waals surface area contributed by atoms with Gasteiger partial charge in [-0.25, -0.2) is 9.79 Å². The Balaban J connectivity index is 1.69. The standard InChI is InChI=1S/C30H25BrN2O5S/c1-3-36-24-15-19(14-23(31)28(24)38-18-21-11-9-8-10-20(21)17-32)16-25-27(34)26(30(35)37-4-2)29(39-25)33-22-12-6-5-7-13-22/h5-16,34H,3-4,18H2,1-2H3/b25-16-,33-29?. The second-order valence-electron chi connectivity index (χ2n) is 8.13. The lowest BCUT2D eigenvalue weighted by atomic mass is 10.1. The van der Waals surface area contributed by atoms with E-state index in [2.05, 4.69) is 27.0 Å². The molecular formula is C30H25BrN2O5S. The van der Waals surface area contributed by atoms with Crippen molar-refractivity contribution in [3.05, 3.63) is 104 Å². The quantitative estimate of drug-likeness (QED) is 0.252. The summed E-state index contributed by atoms with van der Waals surface area (Å²) in [4.78, 5) is 17.7. The molecule has 0 unspecified atom stereocenters. The van der Waals surface area contributed by atoms with Gasteiger partial charge in [-0.15, -0.1) is 0 Å². The summed E-state index contributed by atoms with van der Waals surface area (Å²) in [6.07, 6.45) is 1.74. The predicted octanol–water partition coefficient (Wildman–Crippen LogP) is 7.49. The topological polar surface area (TPSA) is 101 Å². The molecule has 0 saturated heterocycles. The van der Waals surface area contributed by atoms with Gasteiger partial charge in [-0.05, 0) is 71.7 Å². The average Bonchev–Trinajstić information content (AvgIpc) is 3.23. The molecule has 198 valence electrons. The van der Waals surface area contributed by atoms with Gasteiger partial charge in [0.2, 0.25) is 0 Å². The number of benzene rings is 3. The molecule has 0 radical (unpaired) electrons. The first-order valence-corrected chi connectivity index (χ1v) is 13.8. The van der Waals surface area contributed by atoms with Crippen LogP contribution in [-0.2, 0) is 16.1 Å². The predicted molar refractivity (Wildman–Crippen MR) is 156 cm³/mol. The molecule has 0 spiro atoms. The van der Waals surface area contributed by atoms with Gasteiger partial charge in [0.05, 0.1) is 39.9 Å². The second-order valence-corrected chi connectivity index (χ2v) is 10.0. The summed E-state index contributed by atoms with van der Waals surface area (Å²) in [6, 6.07) is 22.2. The Hall–Kier alpha value is -4.00. The molecule has 0 atom stereocenters. The Kier molecular flexibility index (Phi) is 9.47.